The van der Waals surface area contributed by atoms with Gasteiger partial charge in [-0.1, -0.05) is 0 Å². The van der Waals surface area contributed by atoms with Crippen LogP contribution in [-0.2, 0) is 4.79 Å². The largest absolute Gasteiger partial charge is 0.337 e. The zero-order valence-electron chi connectivity index (χ0n) is 8.50. The number of amides is 1. The first-order chi connectivity index (χ1) is 6.70. The maximum atomic E-state index is 11.6. The van der Waals surface area contributed by atoms with Gasteiger partial charge in [-0.15, -0.1) is 11.6 Å². The van der Waals surface area contributed by atoms with Crippen LogP contribution in [0, 0.1) is 0 Å². The van der Waals surface area contributed by atoms with Crippen LogP contribution in [-0.4, -0.2) is 41.4 Å². The van der Waals surface area contributed by atoms with E-state index in [4.69, 9.17) is 11.6 Å². The highest BCUT2D eigenvalue weighted by molar-refractivity contribution is 6.27. The third-order valence-corrected chi connectivity index (χ3v) is 3.50. The second kappa shape index (κ2) is 4.07. The van der Waals surface area contributed by atoms with Crippen LogP contribution < -0.4 is 5.32 Å². The molecule has 2 bridgehead atoms. The Kier molecular flexibility index (Phi) is 2.98. The number of hydrogen-bond donors (Lipinski definition) is 1. The van der Waals surface area contributed by atoms with Crippen LogP contribution in [0.1, 0.15) is 26.2 Å². The zero-order chi connectivity index (χ0) is 10.1. The molecule has 0 aromatic carbocycles. The molecule has 80 valence electrons. The van der Waals surface area contributed by atoms with Gasteiger partial charge < -0.3 is 10.2 Å². The van der Waals surface area contributed by atoms with Gasteiger partial charge in [-0.25, -0.2) is 0 Å². The van der Waals surface area contributed by atoms with Gasteiger partial charge in [0.1, 0.15) is 5.88 Å². The fourth-order valence-electron chi connectivity index (χ4n) is 2.67. The minimum absolute atomic E-state index is 0.0906. The number of fused-ring (bicyclic) bond motifs is 2. The van der Waals surface area contributed by atoms with Crippen molar-refractivity contribution in [2.24, 2.45) is 0 Å². The number of hydrogen-bond acceptors (Lipinski definition) is 2. The van der Waals surface area contributed by atoms with Crippen molar-refractivity contribution in [2.45, 2.75) is 44.3 Å². The first-order valence-corrected chi connectivity index (χ1v) is 5.85. The Morgan fingerprint density at radius 3 is 3.07 bits per heavy atom. The number of halogens is 1. The zero-order valence-corrected chi connectivity index (χ0v) is 9.26. The summed E-state index contributed by atoms with van der Waals surface area (Å²) < 4.78 is 0. The summed E-state index contributed by atoms with van der Waals surface area (Å²) in [5.74, 6) is 0.210. The molecule has 14 heavy (non-hydrogen) atoms. The fraction of sp³-hybridized carbons (Fsp3) is 0.900. The molecule has 2 fully saturated rings. The molecule has 1 amide bonds. The topological polar surface area (TPSA) is 32.3 Å². The molecule has 1 aliphatic heterocycles. The minimum atomic E-state index is 0.0906. The number of carbonyl (C=O) groups is 1. The van der Waals surface area contributed by atoms with Gasteiger partial charge in [-0.3, -0.25) is 4.79 Å². The summed E-state index contributed by atoms with van der Waals surface area (Å²) in [6, 6.07) is 1.45. The lowest BCUT2D eigenvalue weighted by molar-refractivity contribution is -0.130. The molecule has 1 saturated heterocycles. The molecule has 1 aliphatic carbocycles. The van der Waals surface area contributed by atoms with Gasteiger partial charge in [-0.2, -0.15) is 0 Å². The lowest BCUT2D eigenvalue weighted by Gasteiger charge is -2.29. The predicted molar refractivity (Wildman–Crippen MR) is 56.5 cm³/mol. The van der Waals surface area contributed by atoms with Crippen molar-refractivity contribution >= 4 is 17.5 Å². The molecule has 0 spiro atoms. The molecule has 1 N–H and O–H groups in total. The summed E-state index contributed by atoms with van der Waals surface area (Å²) >= 11 is 5.61. The Balaban J connectivity index is 2.10. The van der Waals surface area contributed by atoms with E-state index in [1.165, 1.54) is 6.42 Å². The molecular formula is C10H17ClN2O. The average Bonchev–Trinajstić information content (AvgIpc) is 2.53. The Morgan fingerprint density at radius 1 is 1.57 bits per heavy atom. The third kappa shape index (κ3) is 1.89. The number of nitrogens with zero attached hydrogens (tertiary/aromatic N) is 1. The van der Waals surface area contributed by atoms with E-state index in [1.54, 1.807) is 0 Å². The van der Waals surface area contributed by atoms with E-state index < -0.39 is 0 Å². The second-order valence-electron chi connectivity index (χ2n) is 4.41. The summed E-state index contributed by atoms with van der Waals surface area (Å²) in [5.41, 5.74) is 0. The molecule has 0 aromatic rings. The monoisotopic (exact) mass is 216 g/mol. The third-order valence-electron chi connectivity index (χ3n) is 3.27. The average molecular weight is 217 g/mol. The number of nitrogens with one attached hydrogen (secondary N) is 1. The summed E-state index contributed by atoms with van der Waals surface area (Å²) in [4.78, 5) is 13.6. The molecule has 0 aromatic heterocycles. The SMILES string of the molecule is CC1CN(C(=O)CCl)C2CCC(C2)N1. The van der Waals surface area contributed by atoms with Gasteiger partial charge in [0, 0.05) is 24.7 Å². The molecule has 4 heteroatoms. The number of carbonyl (C=O) groups excluding carboxylic acids is 1. The van der Waals surface area contributed by atoms with E-state index >= 15 is 0 Å². The van der Waals surface area contributed by atoms with Crippen molar-refractivity contribution in [1.29, 1.82) is 0 Å². The van der Waals surface area contributed by atoms with Crippen molar-refractivity contribution in [3.05, 3.63) is 0 Å². The molecule has 3 unspecified atom stereocenters. The van der Waals surface area contributed by atoms with E-state index in [0.717, 1.165) is 19.4 Å². The van der Waals surface area contributed by atoms with Crippen LogP contribution in [0.3, 0.4) is 0 Å². The van der Waals surface area contributed by atoms with Gasteiger partial charge in [0.15, 0.2) is 0 Å². The Hall–Kier alpha value is -0.280. The standard InChI is InChI=1S/C10H17ClN2O/c1-7-6-13(10(14)5-11)9-3-2-8(4-9)12-7/h7-9,12H,2-6H2,1H3. The summed E-state index contributed by atoms with van der Waals surface area (Å²) in [6.07, 6.45) is 3.43. The Morgan fingerprint density at radius 2 is 2.36 bits per heavy atom. The second-order valence-corrected chi connectivity index (χ2v) is 4.68. The quantitative estimate of drug-likeness (QED) is 0.663. The van der Waals surface area contributed by atoms with Crippen molar-refractivity contribution in [3.63, 3.8) is 0 Å². The summed E-state index contributed by atoms with van der Waals surface area (Å²) in [7, 11) is 0. The van der Waals surface area contributed by atoms with Gasteiger partial charge in [-0.05, 0) is 26.2 Å². The first-order valence-electron chi connectivity index (χ1n) is 5.32. The van der Waals surface area contributed by atoms with Crippen molar-refractivity contribution in [1.82, 2.24) is 10.2 Å². The highest BCUT2D eigenvalue weighted by atomic mass is 35.5. The maximum absolute atomic E-state index is 11.6. The lowest BCUT2D eigenvalue weighted by atomic mass is 10.2. The van der Waals surface area contributed by atoms with E-state index in [9.17, 15) is 4.79 Å². The molecular weight excluding hydrogens is 200 g/mol. The van der Waals surface area contributed by atoms with Gasteiger partial charge >= 0.3 is 0 Å². The van der Waals surface area contributed by atoms with Crippen molar-refractivity contribution in [3.8, 4) is 0 Å². The first kappa shape index (κ1) is 10.2. The lowest BCUT2D eigenvalue weighted by Crippen LogP contribution is -2.45. The molecule has 2 aliphatic rings. The number of alkyl halides is 1. The highest BCUT2D eigenvalue weighted by Gasteiger charge is 2.35. The Bertz CT molecular complexity index is 234. The van der Waals surface area contributed by atoms with Crippen LogP contribution in [0.5, 0.6) is 0 Å². The number of rotatable bonds is 1. The van der Waals surface area contributed by atoms with Crippen LogP contribution in [0.2, 0.25) is 0 Å². The van der Waals surface area contributed by atoms with Crippen LogP contribution in [0.15, 0.2) is 0 Å². The van der Waals surface area contributed by atoms with Gasteiger partial charge in [0.05, 0.1) is 0 Å². The highest BCUT2D eigenvalue weighted by Crippen LogP contribution is 2.27. The maximum Gasteiger partial charge on any atom is 0.237 e. The minimum Gasteiger partial charge on any atom is -0.337 e. The van der Waals surface area contributed by atoms with Gasteiger partial charge in [0.2, 0.25) is 5.91 Å². The van der Waals surface area contributed by atoms with Gasteiger partial charge in [0.25, 0.3) is 0 Å². The van der Waals surface area contributed by atoms with E-state index in [-0.39, 0.29) is 11.8 Å². The smallest absolute Gasteiger partial charge is 0.237 e. The molecule has 1 heterocycles. The Labute approximate surface area is 89.8 Å². The summed E-state index contributed by atoms with van der Waals surface area (Å²) in [6.45, 7) is 2.95. The molecule has 1 saturated carbocycles. The van der Waals surface area contributed by atoms with E-state index in [1.807, 2.05) is 4.90 Å². The van der Waals surface area contributed by atoms with Crippen LogP contribution in [0.4, 0.5) is 0 Å². The predicted octanol–water partition coefficient (Wildman–Crippen LogP) is 0.967. The normalized spacial score (nSPS) is 37.0. The summed E-state index contributed by atoms with van der Waals surface area (Å²) in [5, 5.41) is 3.54. The van der Waals surface area contributed by atoms with Crippen molar-refractivity contribution < 1.29 is 4.79 Å². The van der Waals surface area contributed by atoms with Crippen molar-refractivity contribution in [2.75, 3.05) is 12.4 Å². The van der Waals surface area contributed by atoms with Crippen LogP contribution in [0.25, 0.3) is 0 Å². The molecule has 2 rings (SSSR count). The molecule has 0 radical (unpaired) electrons. The van der Waals surface area contributed by atoms with E-state index in [2.05, 4.69) is 12.2 Å². The molecule has 3 atom stereocenters. The molecule has 3 nitrogen and oxygen atoms in total. The fourth-order valence-corrected chi connectivity index (χ4v) is 2.83. The van der Waals surface area contributed by atoms with E-state index in [0.29, 0.717) is 18.1 Å². The van der Waals surface area contributed by atoms with Crippen LogP contribution >= 0.6 is 11.6 Å².